The fourth-order valence-electron chi connectivity index (χ4n) is 1.59. The monoisotopic (exact) mass is 226 g/mol. The molecular weight excluding hydrogens is 216 g/mol. The number of carbonyl (C=O) groups excluding carboxylic acids is 1. The first-order valence-corrected chi connectivity index (χ1v) is 5.15. The summed E-state index contributed by atoms with van der Waals surface area (Å²) in [6.07, 6.45) is 0.354. The molecule has 2 heterocycles. The number of hydrogen-bond donors (Lipinski definition) is 1. The molecule has 1 unspecified atom stereocenters. The summed E-state index contributed by atoms with van der Waals surface area (Å²) in [7, 11) is 0. The normalized spacial score (nSPS) is 21.1. The number of alkyl halides is 1. The molecule has 1 aromatic rings. The van der Waals surface area contributed by atoms with Crippen LogP contribution in [-0.4, -0.2) is 27.9 Å². The fourth-order valence-corrected chi connectivity index (χ4v) is 1.86. The van der Waals surface area contributed by atoms with Crippen molar-refractivity contribution in [3.63, 3.8) is 0 Å². The van der Waals surface area contributed by atoms with Gasteiger partial charge in [-0.3, -0.25) is 9.69 Å². The van der Waals surface area contributed by atoms with E-state index >= 15 is 0 Å². The minimum Gasteiger partial charge on any atom is -0.390 e. The average molecular weight is 227 g/mol. The molecule has 1 fully saturated rings. The largest absolute Gasteiger partial charge is 0.390 e. The van der Waals surface area contributed by atoms with E-state index in [0.29, 0.717) is 24.5 Å². The van der Waals surface area contributed by atoms with Gasteiger partial charge in [-0.2, -0.15) is 0 Å². The Morgan fingerprint density at radius 2 is 2.40 bits per heavy atom. The van der Waals surface area contributed by atoms with Gasteiger partial charge in [-0.15, -0.1) is 11.6 Å². The molecule has 1 aliphatic rings. The predicted molar refractivity (Wildman–Crippen MR) is 56.8 cm³/mol. The standard InChI is InChI=1S/C10H11ClN2O2/c11-7-4-10(15)13(5-7)9-3-1-2-8(6-14)12-9/h1-3,7,14H,4-6H2. The van der Waals surface area contributed by atoms with Gasteiger partial charge in [-0.05, 0) is 12.1 Å². The first-order valence-electron chi connectivity index (χ1n) is 4.72. The number of amides is 1. The van der Waals surface area contributed by atoms with Crippen LogP contribution < -0.4 is 4.90 Å². The summed E-state index contributed by atoms with van der Waals surface area (Å²) < 4.78 is 0. The highest BCUT2D eigenvalue weighted by Gasteiger charge is 2.29. The molecule has 0 aromatic carbocycles. The smallest absolute Gasteiger partial charge is 0.229 e. The SMILES string of the molecule is O=C1CC(Cl)CN1c1cccc(CO)n1. The van der Waals surface area contributed by atoms with E-state index < -0.39 is 0 Å². The van der Waals surface area contributed by atoms with Crippen LogP contribution in [0.4, 0.5) is 5.82 Å². The van der Waals surface area contributed by atoms with Crippen molar-refractivity contribution in [3.8, 4) is 0 Å². The Kier molecular flexibility index (Phi) is 2.88. The summed E-state index contributed by atoms with van der Waals surface area (Å²) in [4.78, 5) is 17.2. The summed E-state index contributed by atoms with van der Waals surface area (Å²) in [5, 5.41) is 8.79. The minimum atomic E-state index is -0.142. The van der Waals surface area contributed by atoms with Crippen molar-refractivity contribution in [2.24, 2.45) is 0 Å². The third-order valence-corrected chi connectivity index (χ3v) is 2.60. The van der Waals surface area contributed by atoms with Crippen LogP contribution >= 0.6 is 11.6 Å². The molecule has 0 saturated carbocycles. The van der Waals surface area contributed by atoms with Crippen LogP contribution in [0.3, 0.4) is 0 Å². The van der Waals surface area contributed by atoms with Crippen LogP contribution in [0.5, 0.6) is 0 Å². The van der Waals surface area contributed by atoms with E-state index in [9.17, 15) is 4.79 Å². The molecular formula is C10H11ClN2O2. The van der Waals surface area contributed by atoms with E-state index in [1.807, 2.05) is 0 Å². The number of halogens is 1. The van der Waals surface area contributed by atoms with Crippen molar-refractivity contribution in [3.05, 3.63) is 23.9 Å². The summed E-state index contributed by atoms with van der Waals surface area (Å²) in [5.74, 6) is 0.548. The Bertz CT molecular complexity index is 383. The number of aliphatic hydroxyl groups excluding tert-OH is 1. The third kappa shape index (κ3) is 2.11. The van der Waals surface area contributed by atoms with E-state index in [-0.39, 0.29) is 17.9 Å². The van der Waals surface area contributed by atoms with Gasteiger partial charge in [-0.25, -0.2) is 4.98 Å². The van der Waals surface area contributed by atoms with Gasteiger partial charge >= 0.3 is 0 Å². The molecule has 1 aromatic heterocycles. The highest BCUT2D eigenvalue weighted by Crippen LogP contribution is 2.22. The zero-order chi connectivity index (χ0) is 10.8. The van der Waals surface area contributed by atoms with Gasteiger partial charge < -0.3 is 5.11 Å². The Hall–Kier alpha value is -1.13. The highest BCUT2D eigenvalue weighted by molar-refractivity contribution is 6.24. The summed E-state index contributed by atoms with van der Waals surface area (Å²) in [5.41, 5.74) is 0.554. The van der Waals surface area contributed by atoms with Gasteiger partial charge in [0, 0.05) is 13.0 Å². The van der Waals surface area contributed by atoms with Crippen molar-refractivity contribution in [2.45, 2.75) is 18.4 Å². The second kappa shape index (κ2) is 4.16. The maximum atomic E-state index is 11.5. The maximum absolute atomic E-state index is 11.5. The fraction of sp³-hybridized carbons (Fsp3) is 0.400. The van der Waals surface area contributed by atoms with E-state index in [2.05, 4.69) is 4.98 Å². The molecule has 80 valence electrons. The summed E-state index contributed by atoms with van der Waals surface area (Å²) >= 11 is 5.89. The quantitative estimate of drug-likeness (QED) is 0.763. The van der Waals surface area contributed by atoms with Crippen LogP contribution in [0.15, 0.2) is 18.2 Å². The van der Waals surface area contributed by atoms with E-state index in [1.165, 1.54) is 0 Å². The van der Waals surface area contributed by atoms with Gasteiger partial charge in [0.05, 0.1) is 17.7 Å². The first kappa shape index (κ1) is 10.4. The lowest BCUT2D eigenvalue weighted by atomic mass is 10.3. The molecule has 0 radical (unpaired) electrons. The Morgan fingerprint density at radius 1 is 1.60 bits per heavy atom. The predicted octanol–water partition coefficient (Wildman–Crippen LogP) is 0.918. The lowest BCUT2D eigenvalue weighted by Crippen LogP contribution is -2.25. The van der Waals surface area contributed by atoms with Crippen LogP contribution in [-0.2, 0) is 11.4 Å². The third-order valence-electron chi connectivity index (χ3n) is 2.31. The van der Waals surface area contributed by atoms with Crippen molar-refractivity contribution >= 4 is 23.3 Å². The molecule has 1 saturated heterocycles. The second-order valence-electron chi connectivity index (χ2n) is 3.45. The number of anilines is 1. The Labute approximate surface area is 92.5 Å². The van der Waals surface area contributed by atoms with Crippen molar-refractivity contribution in [1.82, 2.24) is 4.98 Å². The zero-order valence-corrected chi connectivity index (χ0v) is 8.81. The van der Waals surface area contributed by atoms with E-state index in [4.69, 9.17) is 16.7 Å². The highest BCUT2D eigenvalue weighted by atomic mass is 35.5. The number of pyridine rings is 1. The first-order chi connectivity index (χ1) is 7.20. The van der Waals surface area contributed by atoms with Gasteiger partial charge in [-0.1, -0.05) is 6.07 Å². The van der Waals surface area contributed by atoms with Crippen LogP contribution in [0, 0.1) is 0 Å². The van der Waals surface area contributed by atoms with Gasteiger partial charge in [0.1, 0.15) is 5.82 Å². The average Bonchev–Trinajstić information content (AvgIpc) is 2.58. The molecule has 2 rings (SSSR count). The molecule has 1 aliphatic heterocycles. The molecule has 5 heteroatoms. The molecule has 1 amide bonds. The minimum absolute atomic E-state index is 0.0161. The molecule has 0 aliphatic carbocycles. The van der Waals surface area contributed by atoms with Gasteiger partial charge in [0.2, 0.25) is 5.91 Å². The molecule has 4 nitrogen and oxygen atoms in total. The number of aromatic nitrogens is 1. The topological polar surface area (TPSA) is 53.4 Å². The Balaban J connectivity index is 2.25. The number of hydrogen-bond acceptors (Lipinski definition) is 3. The molecule has 15 heavy (non-hydrogen) atoms. The number of nitrogens with zero attached hydrogens (tertiary/aromatic N) is 2. The van der Waals surface area contributed by atoms with Crippen LogP contribution in [0.2, 0.25) is 0 Å². The lowest BCUT2D eigenvalue weighted by molar-refractivity contribution is -0.117. The molecule has 1 N–H and O–H groups in total. The van der Waals surface area contributed by atoms with E-state index in [0.717, 1.165) is 0 Å². The number of aliphatic hydroxyl groups is 1. The maximum Gasteiger partial charge on any atom is 0.229 e. The summed E-state index contributed by atoms with van der Waals surface area (Å²) in [6.45, 7) is 0.364. The van der Waals surface area contributed by atoms with Crippen molar-refractivity contribution in [2.75, 3.05) is 11.4 Å². The lowest BCUT2D eigenvalue weighted by Gasteiger charge is -2.14. The van der Waals surface area contributed by atoms with Crippen molar-refractivity contribution in [1.29, 1.82) is 0 Å². The van der Waals surface area contributed by atoms with Crippen LogP contribution in [0.25, 0.3) is 0 Å². The van der Waals surface area contributed by atoms with E-state index in [1.54, 1.807) is 23.1 Å². The van der Waals surface area contributed by atoms with Crippen molar-refractivity contribution < 1.29 is 9.90 Å². The number of rotatable bonds is 2. The summed E-state index contributed by atoms with van der Waals surface area (Å²) in [6, 6.07) is 5.22. The molecule has 0 bridgehead atoms. The molecule has 1 atom stereocenters. The second-order valence-corrected chi connectivity index (χ2v) is 4.07. The Morgan fingerprint density at radius 3 is 3.00 bits per heavy atom. The number of carbonyl (C=O) groups is 1. The van der Waals surface area contributed by atoms with Gasteiger partial charge in [0.25, 0.3) is 0 Å². The molecule has 0 spiro atoms. The van der Waals surface area contributed by atoms with Gasteiger partial charge in [0.15, 0.2) is 0 Å². The zero-order valence-electron chi connectivity index (χ0n) is 8.06. The van der Waals surface area contributed by atoms with Crippen LogP contribution in [0.1, 0.15) is 12.1 Å².